The zero-order valence-corrected chi connectivity index (χ0v) is 17.6. The fourth-order valence-electron chi connectivity index (χ4n) is 2.80. The molecule has 0 unspecified atom stereocenters. The third-order valence-electron chi connectivity index (χ3n) is 4.33. The van der Waals surface area contributed by atoms with E-state index >= 15 is 0 Å². The Labute approximate surface area is 181 Å². The number of nitrogens with zero attached hydrogens (tertiary/aromatic N) is 1. The summed E-state index contributed by atoms with van der Waals surface area (Å²) >= 11 is 6.14. The Bertz CT molecular complexity index is 1010. The minimum atomic E-state index is -0.362. The van der Waals surface area contributed by atoms with E-state index in [9.17, 15) is 4.79 Å². The smallest absolute Gasteiger partial charge is 0.277 e. The van der Waals surface area contributed by atoms with E-state index in [2.05, 4.69) is 10.5 Å². The number of nitrogens with one attached hydrogen (secondary N) is 1. The number of amides is 1. The van der Waals surface area contributed by atoms with Gasteiger partial charge < -0.3 is 9.47 Å². The quantitative estimate of drug-likeness (QED) is 0.407. The average Bonchev–Trinajstić information content (AvgIpc) is 2.76. The van der Waals surface area contributed by atoms with Gasteiger partial charge in [0.2, 0.25) is 0 Å². The van der Waals surface area contributed by atoms with Crippen LogP contribution in [0.2, 0.25) is 5.02 Å². The summed E-state index contributed by atoms with van der Waals surface area (Å²) in [6.45, 7) is 4.09. The van der Waals surface area contributed by atoms with Gasteiger partial charge in [-0.05, 0) is 54.8 Å². The number of carbonyl (C=O) groups is 1. The predicted molar refractivity (Wildman–Crippen MR) is 119 cm³/mol. The number of hydrogen-bond acceptors (Lipinski definition) is 4. The van der Waals surface area contributed by atoms with E-state index in [-0.39, 0.29) is 12.5 Å². The van der Waals surface area contributed by atoms with Crippen molar-refractivity contribution in [1.29, 1.82) is 0 Å². The largest absolute Gasteiger partial charge is 0.488 e. The predicted octanol–water partition coefficient (Wildman–Crippen LogP) is 5.06. The minimum Gasteiger partial charge on any atom is -0.488 e. The lowest BCUT2D eigenvalue weighted by molar-refractivity contribution is -0.123. The first-order valence-corrected chi connectivity index (χ1v) is 9.88. The van der Waals surface area contributed by atoms with Crippen LogP contribution in [0.15, 0.2) is 71.8 Å². The third-order valence-corrected chi connectivity index (χ3v) is 4.93. The van der Waals surface area contributed by atoms with Gasteiger partial charge in [-0.25, -0.2) is 5.43 Å². The second kappa shape index (κ2) is 10.5. The summed E-state index contributed by atoms with van der Waals surface area (Å²) in [7, 11) is 0. The minimum absolute atomic E-state index is 0.149. The fraction of sp³-hybridized carbons (Fsp3) is 0.167. The van der Waals surface area contributed by atoms with Crippen molar-refractivity contribution in [1.82, 2.24) is 5.43 Å². The van der Waals surface area contributed by atoms with Crippen LogP contribution in [0, 0.1) is 13.8 Å². The Morgan fingerprint density at radius 1 is 1.00 bits per heavy atom. The van der Waals surface area contributed by atoms with Crippen molar-refractivity contribution in [2.24, 2.45) is 5.10 Å². The average molecular weight is 423 g/mol. The highest BCUT2D eigenvalue weighted by Crippen LogP contribution is 2.25. The molecule has 1 N–H and O–H groups in total. The number of hydrazone groups is 1. The Balaban J connectivity index is 1.53. The lowest BCUT2D eigenvalue weighted by Crippen LogP contribution is -2.24. The van der Waals surface area contributed by atoms with Crippen molar-refractivity contribution in [2.45, 2.75) is 20.5 Å². The first kappa shape index (κ1) is 21.4. The molecule has 0 aliphatic heterocycles. The van der Waals surface area contributed by atoms with Crippen molar-refractivity contribution in [3.63, 3.8) is 0 Å². The summed E-state index contributed by atoms with van der Waals surface area (Å²) in [5.41, 5.74) is 6.10. The maximum atomic E-state index is 12.0. The highest BCUT2D eigenvalue weighted by molar-refractivity contribution is 6.32. The molecule has 0 spiro atoms. The van der Waals surface area contributed by atoms with Crippen molar-refractivity contribution < 1.29 is 14.3 Å². The second-order valence-corrected chi connectivity index (χ2v) is 7.14. The first-order valence-electron chi connectivity index (χ1n) is 9.50. The second-order valence-electron chi connectivity index (χ2n) is 6.77. The van der Waals surface area contributed by atoms with Crippen LogP contribution in [0.4, 0.5) is 0 Å². The van der Waals surface area contributed by atoms with Gasteiger partial charge in [-0.2, -0.15) is 5.10 Å². The molecule has 0 heterocycles. The number of hydrogen-bond donors (Lipinski definition) is 1. The van der Waals surface area contributed by atoms with Crippen LogP contribution in [-0.2, 0) is 11.4 Å². The van der Waals surface area contributed by atoms with E-state index < -0.39 is 0 Å². The highest BCUT2D eigenvalue weighted by atomic mass is 35.5. The van der Waals surface area contributed by atoms with Crippen LogP contribution in [0.25, 0.3) is 0 Å². The molecular formula is C24H23ClN2O3. The molecular weight excluding hydrogens is 400 g/mol. The van der Waals surface area contributed by atoms with E-state index in [4.69, 9.17) is 21.1 Å². The van der Waals surface area contributed by atoms with E-state index in [1.54, 1.807) is 18.3 Å². The molecule has 154 valence electrons. The molecule has 0 aromatic heterocycles. The van der Waals surface area contributed by atoms with Gasteiger partial charge in [-0.1, -0.05) is 54.1 Å². The van der Waals surface area contributed by atoms with Gasteiger partial charge in [0, 0.05) is 10.6 Å². The number of benzene rings is 3. The van der Waals surface area contributed by atoms with Crippen LogP contribution in [0.1, 0.15) is 22.3 Å². The SMILES string of the molecule is Cc1cc(OCC(=O)N/N=C/c2ccccc2OCc2ccccc2)cc(C)c1Cl. The van der Waals surface area contributed by atoms with Crippen molar-refractivity contribution in [3.05, 3.63) is 94.0 Å². The van der Waals surface area contributed by atoms with Gasteiger partial charge in [0.15, 0.2) is 6.61 Å². The Hall–Kier alpha value is -3.31. The lowest BCUT2D eigenvalue weighted by Gasteiger charge is -2.10. The standard InChI is InChI=1S/C24H23ClN2O3/c1-17-12-21(13-18(2)24(17)25)29-16-23(28)27-26-14-20-10-6-7-11-22(20)30-15-19-8-4-3-5-9-19/h3-14H,15-16H2,1-2H3,(H,27,28)/b26-14+. The molecule has 3 aromatic carbocycles. The summed E-state index contributed by atoms with van der Waals surface area (Å²) in [6.07, 6.45) is 1.55. The van der Waals surface area contributed by atoms with E-state index in [1.807, 2.05) is 68.4 Å². The number of para-hydroxylation sites is 1. The van der Waals surface area contributed by atoms with Crippen LogP contribution < -0.4 is 14.9 Å². The van der Waals surface area contributed by atoms with Crippen LogP contribution in [-0.4, -0.2) is 18.7 Å². The number of aryl methyl sites for hydroxylation is 2. The van der Waals surface area contributed by atoms with Crippen molar-refractivity contribution in [2.75, 3.05) is 6.61 Å². The van der Waals surface area contributed by atoms with Gasteiger partial charge in [0.05, 0.1) is 6.21 Å². The molecule has 3 rings (SSSR count). The van der Waals surface area contributed by atoms with Crippen molar-refractivity contribution in [3.8, 4) is 11.5 Å². The summed E-state index contributed by atoms with van der Waals surface area (Å²) < 4.78 is 11.4. The number of ether oxygens (including phenoxy) is 2. The molecule has 0 aliphatic carbocycles. The number of carbonyl (C=O) groups excluding carboxylic acids is 1. The maximum Gasteiger partial charge on any atom is 0.277 e. The van der Waals surface area contributed by atoms with Gasteiger partial charge in [-0.15, -0.1) is 0 Å². The number of rotatable bonds is 8. The van der Waals surface area contributed by atoms with Crippen molar-refractivity contribution >= 4 is 23.7 Å². The highest BCUT2D eigenvalue weighted by Gasteiger charge is 2.06. The summed E-state index contributed by atoms with van der Waals surface area (Å²) in [6, 6.07) is 21.0. The maximum absolute atomic E-state index is 12.0. The number of halogens is 1. The van der Waals surface area contributed by atoms with E-state index in [0.717, 1.165) is 22.3 Å². The monoisotopic (exact) mass is 422 g/mol. The molecule has 0 bridgehead atoms. The molecule has 0 saturated carbocycles. The summed E-state index contributed by atoms with van der Waals surface area (Å²) in [5.74, 6) is 0.912. The molecule has 0 fully saturated rings. The molecule has 0 aliphatic rings. The summed E-state index contributed by atoms with van der Waals surface area (Å²) in [4.78, 5) is 12.0. The molecule has 6 heteroatoms. The van der Waals surface area contributed by atoms with Gasteiger partial charge in [0.1, 0.15) is 18.1 Å². The van der Waals surface area contributed by atoms with Crippen LogP contribution in [0.5, 0.6) is 11.5 Å². The molecule has 0 saturated heterocycles. The van der Waals surface area contributed by atoms with Crippen LogP contribution >= 0.6 is 11.6 Å². The van der Waals surface area contributed by atoms with Gasteiger partial charge >= 0.3 is 0 Å². The summed E-state index contributed by atoms with van der Waals surface area (Å²) in [5, 5.41) is 4.71. The zero-order valence-electron chi connectivity index (χ0n) is 16.9. The fourth-order valence-corrected chi connectivity index (χ4v) is 2.91. The Morgan fingerprint density at radius 2 is 1.67 bits per heavy atom. The molecule has 30 heavy (non-hydrogen) atoms. The zero-order chi connectivity index (χ0) is 21.3. The lowest BCUT2D eigenvalue weighted by atomic mass is 10.1. The molecule has 0 atom stereocenters. The molecule has 3 aromatic rings. The third kappa shape index (κ3) is 6.09. The van der Waals surface area contributed by atoms with Gasteiger partial charge in [-0.3, -0.25) is 4.79 Å². The Kier molecular flexibility index (Phi) is 7.46. The van der Waals surface area contributed by atoms with Gasteiger partial charge in [0.25, 0.3) is 5.91 Å². The van der Waals surface area contributed by atoms with Crippen LogP contribution in [0.3, 0.4) is 0 Å². The molecule has 5 nitrogen and oxygen atoms in total. The normalized spacial score (nSPS) is 10.8. The first-order chi connectivity index (χ1) is 14.5. The van der Waals surface area contributed by atoms with E-state index in [0.29, 0.717) is 23.1 Å². The molecule has 1 amide bonds. The topological polar surface area (TPSA) is 59.9 Å². The molecule has 0 radical (unpaired) electrons. The van der Waals surface area contributed by atoms with E-state index in [1.165, 1.54) is 0 Å². The Morgan fingerprint density at radius 3 is 2.40 bits per heavy atom.